The number of halogens is 2. The van der Waals surface area contributed by atoms with E-state index >= 15 is 0 Å². The number of carbonyl (C=O) groups excluding carboxylic acids is 1. The summed E-state index contributed by atoms with van der Waals surface area (Å²) in [6.07, 6.45) is 0. The number of nitrogens with zero attached hydrogens (tertiary/aromatic N) is 1. The Morgan fingerprint density at radius 3 is 2.47 bits per heavy atom. The minimum atomic E-state index is -0.223. The monoisotopic (exact) mass is 528 g/mol. The van der Waals surface area contributed by atoms with E-state index in [1.165, 1.54) is 6.07 Å². The number of amides is 1. The van der Waals surface area contributed by atoms with Crippen LogP contribution in [0, 0.1) is 12.7 Å². The first-order valence-corrected chi connectivity index (χ1v) is 9.67. The van der Waals surface area contributed by atoms with E-state index in [-0.39, 0.29) is 41.7 Å². The molecular weight excluding hydrogens is 498 g/mol. The molecule has 0 fully saturated rings. The number of aliphatic imine (C=N–C) groups is 1. The Morgan fingerprint density at radius 2 is 1.87 bits per heavy atom. The molecule has 1 unspecified atom stereocenters. The first-order valence-electron chi connectivity index (χ1n) is 9.67. The second-order valence-electron chi connectivity index (χ2n) is 6.62. The largest absolute Gasteiger partial charge is 0.497 e. The Kier molecular flexibility index (Phi) is 11.2. The highest BCUT2D eigenvalue weighted by atomic mass is 127. The lowest BCUT2D eigenvalue weighted by atomic mass is 10.1. The molecule has 0 heterocycles. The van der Waals surface area contributed by atoms with Crippen LogP contribution in [0.2, 0.25) is 0 Å². The molecule has 0 aromatic heterocycles. The van der Waals surface area contributed by atoms with Crippen LogP contribution in [-0.4, -0.2) is 38.6 Å². The topological polar surface area (TPSA) is 74.8 Å². The SMILES string of the molecule is CCNC(=NCCNC(=O)c1ccc(OC)cc1)NC(C)c1ccc(C)c(F)c1.I. The van der Waals surface area contributed by atoms with E-state index in [1.807, 2.05) is 19.9 Å². The molecule has 3 N–H and O–H groups in total. The van der Waals surface area contributed by atoms with Crippen LogP contribution in [0.25, 0.3) is 0 Å². The maximum Gasteiger partial charge on any atom is 0.251 e. The molecule has 0 aliphatic heterocycles. The van der Waals surface area contributed by atoms with Gasteiger partial charge >= 0.3 is 0 Å². The van der Waals surface area contributed by atoms with E-state index in [0.717, 1.165) is 5.56 Å². The summed E-state index contributed by atoms with van der Waals surface area (Å²) in [5, 5.41) is 9.26. The van der Waals surface area contributed by atoms with Crippen molar-refractivity contribution in [2.24, 2.45) is 4.99 Å². The zero-order valence-electron chi connectivity index (χ0n) is 17.8. The maximum absolute atomic E-state index is 13.8. The second kappa shape index (κ2) is 13.0. The molecule has 0 saturated heterocycles. The second-order valence-corrected chi connectivity index (χ2v) is 6.62. The first kappa shape index (κ1) is 25.7. The van der Waals surface area contributed by atoms with Gasteiger partial charge in [0.2, 0.25) is 0 Å². The van der Waals surface area contributed by atoms with Crippen LogP contribution in [0.5, 0.6) is 5.75 Å². The number of guanidine groups is 1. The number of rotatable bonds is 8. The van der Waals surface area contributed by atoms with E-state index < -0.39 is 0 Å². The van der Waals surface area contributed by atoms with Gasteiger partial charge in [0.15, 0.2) is 5.96 Å². The Hall–Kier alpha value is -2.36. The molecule has 6 nitrogen and oxygen atoms in total. The highest BCUT2D eigenvalue weighted by Gasteiger charge is 2.10. The molecule has 0 aliphatic carbocycles. The Labute approximate surface area is 194 Å². The van der Waals surface area contributed by atoms with Crippen LogP contribution in [-0.2, 0) is 0 Å². The average Bonchev–Trinajstić information content (AvgIpc) is 2.73. The van der Waals surface area contributed by atoms with Crippen molar-refractivity contribution in [3.8, 4) is 5.75 Å². The van der Waals surface area contributed by atoms with E-state index in [1.54, 1.807) is 44.4 Å². The fourth-order valence-electron chi connectivity index (χ4n) is 2.67. The third kappa shape index (κ3) is 7.81. The zero-order chi connectivity index (χ0) is 21.2. The molecule has 0 saturated carbocycles. The highest BCUT2D eigenvalue weighted by molar-refractivity contribution is 14.0. The van der Waals surface area contributed by atoms with Gasteiger partial charge in [0, 0.05) is 18.7 Å². The summed E-state index contributed by atoms with van der Waals surface area (Å²) in [4.78, 5) is 16.6. The lowest BCUT2D eigenvalue weighted by molar-refractivity contribution is 0.0954. The summed E-state index contributed by atoms with van der Waals surface area (Å²) in [6.45, 7) is 7.16. The molecule has 30 heavy (non-hydrogen) atoms. The number of benzene rings is 2. The Bertz CT molecular complexity index is 844. The summed E-state index contributed by atoms with van der Waals surface area (Å²) in [5.41, 5.74) is 2.02. The van der Waals surface area contributed by atoms with Crippen molar-refractivity contribution >= 4 is 35.8 Å². The lowest BCUT2D eigenvalue weighted by Gasteiger charge is -2.18. The molecule has 2 rings (SSSR count). The van der Waals surface area contributed by atoms with E-state index in [9.17, 15) is 9.18 Å². The highest BCUT2D eigenvalue weighted by Crippen LogP contribution is 2.16. The maximum atomic E-state index is 13.8. The van der Waals surface area contributed by atoms with Gasteiger partial charge in [-0.05, 0) is 62.2 Å². The quantitative estimate of drug-likeness (QED) is 0.211. The fourth-order valence-corrected chi connectivity index (χ4v) is 2.67. The van der Waals surface area contributed by atoms with Crippen molar-refractivity contribution in [1.29, 1.82) is 0 Å². The number of hydrogen-bond acceptors (Lipinski definition) is 3. The van der Waals surface area contributed by atoms with Gasteiger partial charge in [-0.1, -0.05) is 12.1 Å². The van der Waals surface area contributed by atoms with Gasteiger partial charge in [0.1, 0.15) is 11.6 Å². The fraction of sp³-hybridized carbons (Fsp3) is 0.364. The first-order chi connectivity index (χ1) is 13.9. The third-order valence-corrected chi connectivity index (χ3v) is 4.41. The third-order valence-electron chi connectivity index (χ3n) is 4.41. The lowest BCUT2D eigenvalue weighted by Crippen LogP contribution is -2.39. The van der Waals surface area contributed by atoms with Gasteiger partial charge in [-0.15, -0.1) is 24.0 Å². The van der Waals surface area contributed by atoms with E-state index in [2.05, 4.69) is 20.9 Å². The minimum Gasteiger partial charge on any atom is -0.497 e. The van der Waals surface area contributed by atoms with Gasteiger partial charge in [0.25, 0.3) is 5.91 Å². The van der Waals surface area contributed by atoms with Crippen LogP contribution in [0.4, 0.5) is 4.39 Å². The van der Waals surface area contributed by atoms with Gasteiger partial charge < -0.3 is 20.7 Å². The van der Waals surface area contributed by atoms with Crippen LogP contribution < -0.4 is 20.7 Å². The number of carbonyl (C=O) groups is 1. The van der Waals surface area contributed by atoms with E-state index in [0.29, 0.717) is 42.5 Å². The van der Waals surface area contributed by atoms with Crippen molar-refractivity contribution < 1.29 is 13.9 Å². The summed E-state index contributed by atoms with van der Waals surface area (Å²) in [6, 6.07) is 12.0. The number of aryl methyl sites for hydroxylation is 1. The zero-order valence-corrected chi connectivity index (χ0v) is 20.1. The summed E-state index contributed by atoms with van der Waals surface area (Å²) in [5.74, 6) is 0.929. The molecule has 0 bridgehead atoms. The number of nitrogens with one attached hydrogen (secondary N) is 3. The number of hydrogen-bond donors (Lipinski definition) is 3. The smallest absolute Gasteiger partial charge is 0.251 e. The van der Waals surface area contributed by atoms with Crippen LogP contribution >= 0.6 is 24.0 Å². The molecule has 2 aromatic rings. The van der Waals surface area contributed by atoms with Gasteiger partial charge in [-0.3, -0.25) is 9.79 Å². The van der Waals surface area contributed by atoms with Crippen LogP contribution in [0.1, 0.15) is 41.4 Å². The molecule has 0 spiro atoms. The molecule has 0 aliphatic rings. The average molecular weight is 528 g/mol. The molecule has 2 aromatic carbocycles. The van der Waals surface area contributed by atoms with E-state index in [4.69, 9.17) is 4.74 Å². The molecule has 1 amide bonds. The summed E-state index contributed by atoms with van der Waals surface area (Å²) < 4.78 is 18.9. The standard InChI is InChI=1S/C22H29FN4O2.HI/c1-5-24-22(27-16(3)18-7-6-15(2)20(23)14-18)26-13-12-25-21(28)17-8-10-19(29-4)11-9-17;/h6-11,14,16H,5,12-13H2,1-4H3,(H,25,28)(H2,24,26,27);1H. The Morgan fingerprint density at radius 1 is 1.17 bits per heavy atom. The van der Waals surface area contributed by atoms with Gasteiger partial charge in [-0.25, -0.2) is 4.39 Å². The summed E-state index contributed by atoms with van der Waals surface area (Å²) in [7, 11) is 1.58. The molecular formula is C22H30FIN4O2. The minimum absolute atomic E-state index is 0. The molecule has 164 valence electrons. The van der Waals surface area contributed by atoms with Crippen molar-refractivity contribution in [1.82, 2.24) is 16.0 Å². The van der Waals surface area contributed by atoms with Crippen LogP contribution in [0.3, 0.4) is 0 Å². The van der Waals surface area contributed by atoms with Crippen molar-refractivity contribution in [2.45, 2.75) is 26.8 Å². The predicted octanol–water partition coefficient (Wildman–Crippen LogP) is 3.81. The molecule has 0 radical (unpaired) electrons. The van der Waals surface area contributed by atoms with Crippen molar-refractivity contribution in [3.05, 3.63) is 65.0 Å². The van der Waals surface area contributed by atoms with Gasteiger partial charge in [-0.2, -0.15) is 0 Å². The molecule has 1 atom stereocenters. The van der Waals surface area contributed by atoms with Crippen molar-refractivity contribution in [3.63, 3.8) is 0 Å². The van der Waals surface area contributed by atoms with Gasteiger partial charge in [0.05, 0.1) is 19.7 Å². The Balaban J connectivity index is 0.00000450. The van der Waals surface area contributed by atoms with Crippen molar-refractivity contribution in [2.75, 3.05) is 26.7 Å². The summed E-state index contributed by atoms with van der Waals surface area (Å²) >= 11 is 0. The predicted molar refractivity (Wildman–Crippen MR) is 129 cm³/mol. The number of ether oxygens (including phenoxy) is 1. The van der Waals surface area contributed by atoms with Crippen LogP contribution in [0.15, 0.2) is 47.5 Å². The molecule has 8 heteroatoms. The normalized spacial score (nSPS) is 11.8. The number of methoxy groups -OCH3 is 1.